The lowest BCUT2D eigenvalue weighted by molar-refractivity contribution is -0.261. The normalized spacial score (nSPS) is 22.2. The zero-order valence-corrected chi connectivity index (χ0v) is 23.0. The molecule has 1 aliphatic rings. The van der Waals surface area contributed by atoms with Crippen molar-refractivity contribution in [3.8, 4) is 6.07 Å². The van der Waals surface area contributed by atoms with E-state index in [2.05, 4.69) is 6.07 Å². The zero-order valence-electron chi connectivity index (χ0n) is 23.0. The van der Waals surface area contributed by atoms with Crippen LogP contribution in [0.25, 0.3) is 0 Å². The van der Waals surface area contributed by atoms with Crippen molar-refractivity contribution in [3.05, 3.63) is 144 Å². The summed E-state index contributed by atoms with van der Waals surface area (Å²) in [5, 5.41) is 10.2. The first-order valence-electron chi connectivity index (χ1n) is 13.9. The van der Waals surface area contributed by atoms with Gasteiger partial charge in [-0.1, -0.05) is 121 Å². The molecule has 1 heterocycles. The summed E-state index contributed by atoms with van der Waals surface area (Å²) in [7, 11) is 0. The quantitative estimate of drug-likeness (QED) is 0.196. The highest BCUT2D eigenvalue weighted by Gasteiger charge is 2.48. The van der Waals surface area contributed by atoms with Gasteiger partial charge in [0.1, 0.15) is 24.4 Å². The molecule has 1 saturated heterocycles. The van der Waals surface area contributed by atoms with Crippen molar-refractivity contribution in [2.75, 3.05) is 6.61 Å². The Kier molecular flexibility index (Phi) is 10.7. The Hall–Kier alpha value is -3.83. The molecule has 1 fully saturated rings. The fraction of sp³-hybridized carbons (Fsp3) is 0.286. The molecule has 4 aromatic rings. The lowest BCUT2D eigenvalue weighted by Gasteiger charge is -2.44. The minimum atomic E-state index is -0.860. The first kappa shape index (κ1) is 28.7. The first-order chi connectivity index (χ1) is 20.3. The van der Waals surface area contributed by atoms with Crippen LogP contribution >= 0.6 is 0 Å². The third-order valence-corrected chi connectivity index (χ3v) is 7.01. The number of nitrogens with zero attached hydrogens (tertiary/aromatic N) is 1. The van der Waals surface area contributed by atoms with Crippen LogP contribution in [0, 0.1) is 11.3 Å². The molecule has 210 valence electrons. The molecule has 0 aromatic heterocycles. The minimum absolute atomic E-state index is 0.239. The molecule has 4 aromatic carbocycles. The van der Waals surface area contributed by atoms with Crippen LogP contribution in [0.3, 0.4) is 0 Å². The highest BCUT2D eigenvalue weighted by molar-refractivity contribution is 5.17. The van der Waals surface area contributed by atoms with E-state index >= 15 is 0 Å². The van der Waals surface area contributed by atoms with Crippen LogP contribution in [-0.4, -0.2) is 37.1 Å². The van der Waals surface area contributed by atoms with Crippen LogP contribution in [0.15, 0.2) is 121 Å². The Balaban J connectivity index is 1.39. The van der Waals surface area contributed by atoms with Gasteiger partial charge in [0.25, 0.3) is 0 Å². The van der Waals surface area contributed by atoms with E-state index in [9.17, 15) is 5.26 Å². The summed E-state index contributed by atoms with van der Waals surface area (Å²) in [6, 6.07) is 42.1. The van der Waals surface area contributed by atoms with Crippen molar-refractivity contribution in [1.82, 2.24) is 0 Å². The number of rotatable bonds is 13. The number of ether oxygens (including phenoxy) is 5. The van der Waals surface area contributed by atoms with Crippen LogP contribution < -0.4 is 0 Å². The van der Waals surface area contributed by atoms with E-state index in [1.54, 1.807) is 0 Å². The second-order valence-electron chi connectivity index (χ2n) is 10.0. The van der Waals surface area contributed by atoms with Gasteiger partial charge in [-0.15, -0.1) is 0 Å². The predicted octanol–water partition coefficient (Wildman–Crippen LogP) is 6.25. The van der Waals surface area contributed by atoms with Gasteiger partial charge in [-0.2, -0.15) is 5.26 Å². The van der Waals surface area contributed by atoms with Crippen molar-refractivity contribution in [2.24, 2.45) is 0 Å². The third-order valence-electron chi connectivity index (χ3n) is 7.01. The molecule has 0 amide bonds. The van der Waals surface area contributed by atoms with E-state index in [0.717, 1.165) is 22.3 Å². The lowest BCUT2D eigenvalue weighted by atomic mass is 9.94. The zero-order chi connectivity index (χ0) is 28.1. The molecule has 6 heteroatoms. The average Bonchev–Trinajstić information content (AvgIpc) is 3.04. The second-order valence-corrected chi connectivity index (χ2v) is 10.0. The maximum absolute atomic E-state index is 10.2. The van der Waals surface area contributed by atoms with Crippen molar-refractivity contribution in [1.29, 1.82) is 5.26 Å². The number of hydrogen-bond acceptors (Lipinski definition) is 6. The molecule has 5 atom stereocenters. The molecule has 0 N–H and O–H groups in total. The van der Waals surface area contributed by atoms with Crippen molar-refractivity contribution >= 4 is 0 Å². The maximum atomic E-state index is 10.2. The topological polar surface area (TPSA) is 69.9 Å². The van der Waals surface area contributed by atoms with Crippen LogP contribution in [-0.2, 0) is 50.1 Å². The van der Waals surface area contributed by atoms with Gasteiger partial charge in [-0.05, 0) is 22.3 Å². The molecule has 1 aliphatic heterocycles. The van der Waals surface area contributed by atoms with Crippen molar-refractivity contribution < 1.29 is 23.7 Å². The van der Waals surface area contributed by atoms with Gasteiger partial charge in [-0.3, -0.25) is 0 Å². The standard InChI is InChI=1S/C35H35NO5/c36-21-31-33(38-23-28-15-7-2-8-16-28)35(40-25-30-19-11-4-12-20-30)34(39-24-29-17-9-3-10-18-29)32(41-31)26-37-22-27-13-5-1-6-14-27/h1-20,31-35H,22-26H2/t31-,32?,33?,34+,35?/m1/s1. The minimum Gasteiger partial charge on any atom is -0.374 e. The third kappa shape index (κ3) is 8.34. The fourth-order valence-corrected chi connectivity index (χ4v) is 4.89. The van der Waals surface area contributed by atoms with Gasteiger partial charge in [-0.25, -0.2) is 0 Å². The van der Waals surface area contributed by atoms with Crippen molar-refractivity contribution in [3.63, 3.8) is 0 Å². The van der Waals surface area contributed by atoms with E-state index in [4.69, 9.17) is 23.7 Å². The molecule has 3 unspecified atom stereocenters. The van der Waals surface area contributed by atoms with E-state index < -0.39 is 30.5 Å². The summed E-state index contributed by atoms with van der Waals surface area (Å²) in [5.74, 6) is 0. The molecule has 6 nitrogen and oxygen atoms in total. The Morgan fingerprint density at radius 3 is 1.34 bits per heavy atom. The molecule has 5 rings (SSSR count). The summed E-state index contributed by atoms with van der Waals surface area (Å²) in [5.41, 5.74) is 4.11. The van der Waals surface area contributed by atoms with Crippen LogP contribution in [0.4, 0.5) is 0 Å². The predicted molar refractivity (Wildman–Crippen MR) is 155 cm³/mol. The van der Waals surface area contributed by atoms with E-state index in [1.807, 2.05) is 121 Å². The summed E-state index contributed by atoms with van der Waals surface area (Å²) in [4.78, 5) is 0. The fourth-order valence-electron chi connectivity index (χ4n) is 4.89. The van der Waals surface area contributed by atoms with Crippen LogP contribution in [0.5, 0.6) is 0 Å². The average molecular weight is 550 g/mol. The number of benzene rings is 4. The van der Waals surface area contributed by atoms with Gasteiger partial charge >= 0.3 is 0 Å². The molecule has 0 saturated carbocycles. The first-order valence-corrected chi connectivity index (χ1v) is 13.9. The maximum Gasteiger partial charge on any atom is 0.173 e. The number of hydrogen-bond donors (Lipinski definition) is 0. The molecular weight excluding hydrogens is 514 g/mol. The largest absolute Gasteiger partial charge is 0.374 e. The Morgan fingerprint density at radius 2 is 0.902 bits per heavy atom. The Labute approximate surface area is 242 Å². The van der Waals surface area contributed by atoms with Crippen molar-refractivity contribution in [2.45, 2.75) is 56.9 Å². The number of nitriles is 1. The Morgan fingerprint density at radius 1 is 0.512 bits per heavy atom. The van der Waals surface area contributed by atoms with Crippen LogP contribution in [0.1, 0.15) is 22.3 Å². The van der Waals surface area contributed by atoms with Gasteiger partial charge in [0.2, 0.25) is 0 Å². The summed E-state index contributed by atoms with van der Waals surface area (Å²) >= 11 is 0. The molecule has 0 radical (unpaired) electrons. The Bertz CT molecular complexity index is 1330. The van der Waals surface area contributed by atoms with Gasteiger partial charge in [0.15, 0.2) is 6.10 Å². The molecule has 0 aliphatic carbocycles. The molecule has 0 bridgehead atoms. The van der Waals surface area contributed by atoms with Gasteiger partial charge in [0.05, 0.1) is 39.1 Å². The smallest absolute Gasteiger partial charge is 0.173 e. The summed E-state index contributed by atoms with van der Waals surface area (Å²) in [6.45, 7) is 1.68. The molecule has 41 heavy (non-hydrogen) atoms. The SMILES string of the molecule is N#C[C@H]1OC(COCc2ccccc2)[C@H](OCc2ccccc2)C(OCc2ccccc2)C1OCc1ccccc1. The van der Waals surface area contributed by atoms with E-state index in [1.165, 1.54) is 0 Å². The van der Waals surface area contributed by atoms with E-state index in [0.29, 0.717) is 26.4 Å². The van der Waals surface area contributed by atoms with Crippen LogP contribution in [0.2, 0.25) is 0 Å². The second kappa shape index (κ2) is 15.2. The van der Waals surface area contributed by atoms with E-state index in [-0.39, 0.29) is 6.61 Å². The molecule has 0 spiro atoms. The van der Waals surface area contributed by atoms with Gasteiger partial charge < -0.3 is 23.7 Å². The van der Waals surface area contributed by atoms with Gasteiger partial charge in [0, 0.05) is 0 Å². The highest BCUT2D eigenvalue weighted by atomic mass is 16.6. The summed E-state index contributed by atoms with van der Waals surface area (Å²) < 4.78 is 31.9. The molecular formula is C35H35NO5. The monoisotopic (exact) mass is 549 g/mol. The lowest BCUT2D eigenvalue weighted by Crippen LogP contribution is -2.60. The summed E-state index contributed by atoms with van der Waals surface area (Å²) in [6.07, 6.45) is -3.19. The highest BCUT2D eigenvalue weighted by Crippen LogP contribution is 2.31.